The minimum Gasteiger partial charge on any atom is -0.335 e. The monoisotopic (exact) mass is 275 g/mol. The van der Waals surface area contributed by atoms with Crippen molar-refractivity contribution in [2.75, 3.05) is 11.9 Å². The Bertz CT molecular complexity index is 779. The summed E-state index contributed by atoms with van der Waals surface area (Å²) in [5.41, 5.74) is 3.26. The summed E-state index contributed by atoms with van der Waals surface area (Å²) in [4.78, 5) is 11.0. The SMILES string of the molecule is Cc1cc(N=CN(C)c2ccccc2)nc2ccccc12. The number of hydrogen-bond donors (Lipinski definition) is 0. The zero-order valence-corrected chi connectivity index (χ0v) is 12.2. The van der Waals surface area contributed by atoms with Crippen LogP contribution in [0, 0.1) is 6.92 Å². The van der Waals surface area contributed by atoms with Crippen molar-refractivity contribution in [1.82, 2.24) is 4.98 Å². The molecule has 3 rings (SSSR count). The van der Waals surface area contributed by atoms with Gasteiger partial charge in [-0.1, -0.05) is 36.4 Å². The van der Waals surface area contributed by atoms with Crippen LogP contribution in [0.4, 0.5) is 11.5 Å². The van der Waals surface area contributed by atoms with E-state index in [-0.39, 0.29) is 0 Å². The molecule has 1 aromatic heterocycles. The molecule has 0 aliphatic rings. The topological polar surface area (TPSA) is 28.5 Å². The van der Waals surface area contributed by atoms with Gasteiger partial charge in [-0.3, -0.25) is 0 Å². The summed E-state index contributed by atoms with van der Waals surface area (Å²) in [5.74, 6) is 0.731. The number of rotatable bonds is 3. The van der Waals surface area contributed by atoms with Crippen LogP contribution in [0.3, 0.4) is 0 Å². The summed E-state index contributed by atoms with van der Waals surface area (Å²) in [5, 5.41) is 1.17. The maximum atomic E-state index is 4.58. The molecule has 0 N–H and O–H groups in total. The van der Waals surface area contributed by atoms with Gasteiger partial charge in [-0.25, -0.2) is 9.98 Å². The fourth-order valence-corrected chi connectivity index (χ4v) is 2.27. The van der Waals surface area contributed by atoms with E-state index in [2.05, 4.69) is 23.0 Å². The molecule has 0 fully saturated rings. The van der Waals surface area contributed by atoms with Gasteiger partial charge in [0.15, 0.2) is 5.82 Å². The number of aryl methyl sites for hydroxylation is 1. The smallest absolute Gasteiger partial charge is 0.154 e. The van der Waals surface area contributed by atoms with Crippen LogP contribution in [0.2, 0.25) is 0 Å². The third kappa shape index (κ3) is 2.92. The Labute approximate surface area is 124 Å². The number of benzene rings is 2. The van der Waals surface area contributed by atoms with E-state index < -0.39 is 0 Å². The Hall–Kier alpha value is -2.68. The highest BCUT2D eigenvalue weighted by atomic mass is 15.1. The van der Waals surface area contributed by atoms with Crippen molar-refractivity contribution >= 4 is 28.7 Å². The first-order chi connectivity index (χ1) is 10.2. The third-order valence-electron chi connectivity index (χ3n) is 3.44. The molecule has 0 radical (unpaired) electrons. The van der Waals surface area contributed by atoms with Gasteiger partial charge in [0.2, 0.25) is 0 Å². The van der Waals surface area contributed by atoms with Crippen molar-refractivity contribution in [1.29, 1.82) is 0 Å². The van der Waals surface area contributed by atoms with Crippen molar-refractivity contribution in [3.05, 3.63) is 66.2 Å². The summed E-state index contributed by atoms with van der Waals surface area (Å²) < 4.78 is 0. The molecule has 0 aliphatic heterocycles. The van der Waals surface area contributed by atoms with Crippen LogP contribution in [-0.4, -0.2) is 18.4 Å². The highest BCUT2D eigenvalue weighted by Gasteiger charge is 2.01. The van der Waals surface area contributed by atoms with Crippen LogP contribution >= 0.6 is 0 Å². The van der Waals surface area contributed by atoms with Gasteiger partial charge in [0.25, 0.3) is 0 Å². The molecular weight excluding hydrogens is 258 g/mol. The quantitative estimate of drug-likeness (QED) is 0.525. The van der Waals surface area contributed by atoms with Gasteiger partial charge in [-0.15, -0.1) is 0 Å². The minimum absolute atomic E-state index is 0.731. The van der Waals surface area contributed by atoms with Crippen molar-refractivity contribution in [2.45, 2.75) is 6.92 Å². The van der Waals surface area contributed by atoms with Crippen LogP contribution in [-0.2, 0) is 0 Å². The molecule has 3 aromatic rings. The van der Waals surface area contributed by atoms with E-state index in [9.17, 15) is 0 Å². The van der Waals surface area contributed by atoms with Gasteiger partial charge in [-0.2, -0.15) is 0 Å². The van der Waals surface area contributed by atoms with Gasteiger partial charge in [0.1, 0.15) is 0 Å². The van der Waals surface area contributed by atoms with E-state index in [1.807, 2.05) is 66.5 Å². The summed E-state index contributed by atoms with van der Waals surface area (Å²) in [6, 6.07) is 20.3. The molecule has 2 aromatic carbocycles. The van der Waals surface area contributed by atoms with E-state index >= 15 is 0 Å². The number of hydrogen-bond acceptors (Lipinski definition) is 2. The van der Waals surface area contributed by atoms with Crippen molar-refractivity contribution in [3.63, 3.8) is 0 Å². The number of fused-ring (bicyclic) bond motifs is 1. The standard InChI is InChI=1S/C18H17N3/c1-14-12-18(20-17-11-7-6-10-16(14)17)19-13-21(2)15-8-4-3-5-9-15/h3-13H,1-2H3. The van der Waals surface area contributed by atoms with Crippen LogP contribution in [0.5, 0.6) is 0 Å². The maximum absolute atomic E-state index is 4.58. The lowest BCUT2D eigenvalue weighted by molar-refractivity contribution is 1.25. The molecule has 3 nitrogen and oxygen atoms in total. The average Bonchev–Trinajstić information content (AvgIpc) is 2.53. The van der Waals surface area contributed by atoms with E-state index in [1.54, 1.807) is 6.34 Å². The lowest BCUT2D eigenvalue weighted by atomic mass is 10.1. The number of pyridine rings is 1. The number of anilines is 1. The Morgan fingerprint density at radius 1 is 1.00 bits per heavy atom. The first kappa shape index (κ1) is 13.3. The zero-order chi connectivity index (χ0) is 14.7. The molecule has 3 heteroatoms. The molecule has 0 bridgehead atoms. The molecule has 0 atom stereocenters. The second-order valence-corrected chi connectivity index (χ2v) is 5.01. The lowest BCUT2D eigenvalue weighted by Crippen LogP contribution is -2.13. The summed E-state index contributed by atoms with van der Waals surface area (Å²) in [6.07, 6.45) is 1.80. The third-order valence-corrected chi connectivity index (χ3v) is 3.44. The molecule has 1 heterocycles. The highest BCUT2D eigenvalue weighted by Crippen LogP contribution is 2.21. The second-order valence-electron chi connectivity index (χ2n) is 5.01. The number of aliphatic imine (C=N–C) groups is 1. The first-order valence-corrected chi connectivity index (χ1v) is 6.92. The zero-order valence-electron chi connectivity index (χ0n) is 12.2. The summed E-state index contributed by atoms with van der Waals surface area (Å²) in [7, 11) is 1.98. The number of nitrogens with zero attached hydrogens (tertiary/aromatic N) is 3. The predicted octanol–water partition coefficient (Wildman–Crippen LogP) is 4.34. The van der Waals surface area contributed by atoms with Gasteiger partial charge in [0.05, 0.1) is 11.9 Å². The van der Waals surface area contributed by atoms with Crippen molar-refractivity contribution < 1.29 is 0 Å². The maximum Gasteiger partial charge on any atom is 0.154 e. The molecule has 0 unspecified atom stereocenters. The van der Waals surface area contributed by atoms with Crippen LogP contribution in [0.25, 0.3) is 10.9 Å². The molecule has 0 saturated carbocycles. The Kier molecular flexibility index (Phi) is 3.65. The van der Waals surface area contributed by atoms with E-state index in [4.69, 9.17) is 0 Å². The second kappa shape index (κ2) is 5.75. The molecule has 21 heavy (non-hydrogen) atoms. The summed E-state index contributed by atoms with van der Waals surface area (Å²) >= 11 is 0. The number of para-hydroxylation sites is 2. The van der Waals surface area contributed by atoms with Crippen LogP contribution in [0.15, 0.2) is 65.7 Å². The van der Waals surface area contributed by atoms with Crippen molar-refractivity contribution in [2.24, 2.45) is 4.99 Å². The molecule has 0 aliphatic carbocycles. The van der Waals surface area contributed by atoms with Gasteiger partial charge >= 0.3 is 0 Å². The highest BCUT2D eigenvalue weighted by molar-refractivity contribution is 5.85. The van der Waals surface area contributed by atoms with Crippen molar-refractivity contribution in [3.8, 4) is 0 Å². The fraction of sp³-hybridized carbons (Fsp3) is 0.111. The molecule has 104 valence electrons. The Morgan fingerprint density at radius 2 is 1.71 bits per heavy atom. The Morgan fingerprint density at radius 3 is 2.52 bits per heavy atom. The fourth-order valence-electron chi connectivity index (χ4n) is 2.27. The molecule has 0 spiro atoms. The molecule has 0 saturated heterocycles. The first-order valence-electron chi connectivity index (χ1n) is 6.92. The largest absolute Gasteiger partial charge is 0.335 e. The Balaban J connectivity index is 1.89. The predicted molar refractivity (Wildman–Crippen MR) is 89.5 cm³/mol. The van der Waals surface area contributed by atoms with Gasteiger partial charge in [-0.05, 0) is 36.8 Å². The van der Waals surface area contributed by atoms with Gasteiger partial charge < -0.3 is 4.90 Å². The summed E-state index contributed by atoms with van der Waals surface area (Å²) in [6.45, 7) is 2.09. The van der Waals surface area contributed by atoms with E-state index in [0.717, 1.165) is 17.0 Å². The molecule has 0 amide bonds. The average molecular weight is 275 g/mol. The van der Waals surface area contributed by atoms with Crippen LogP contribution < -0.4 is 4.90 Å². The van der Waals surface area contributed by atoms with Gasteiger partial charge in [0, 0.05) is 18.1 Å². The normalized spacial score (nSPS) is 11.1. The van der Waals surface area contributed by atoms with E-state index in [0.29, 0.717) is 0 Å². The molecular formula is C18H17N3. The van der Waals surface area contributed by atoms with E-state index in [1.165, 1.54) is 10.9 Å². The van der Waals surface area contributed by atoms with Crippen LogP contribution in [0.1, 0.15) is 5.56 Å². The lowest BCUT2D eigenvalue weighted by Gasteiger charge is -2.12. The minimum atomic E-state index is 0.731. The number of aromatic nitrogens is 1.